The number of H-pyrrole nitrogens is 1. The predicted octanol–water partition coefficient (Wildman–Crippen LogP) is 4.41. The lowest BCUT2D eigenvalue weighted by atomic mass is 9.89. The van der Waals surface area contributed by atoms with Gasteiger partial charge in [-0.3, -0.25) is 0 Å². The molecule has 19 heavy (non-hydrogen) atoms. The topological polar surface area (TPSA) is 29.9 Å². The third kappa shape index (κ3) is 3.38. The molecule has 0 spiro atoms. The molecule has 104 valence electrons. The number of fused-ring (bicyclic) bond motifs is 1. The van der Waals surface area contributed by atoms with Crippen molar-refractivity contribution < 1.29 is 4.74 Å². The van der Waals surface area contributed by atoms with E-state index in [1.807, 2.05) is 18.2 Å². The summed E-state index contributed by atoms with van der Waals surface area (Å²) in [5.41, 5.74) is 2.20. The highest BCUT2D eigenvalue weighted by Gasteiger charge is 2.20. The molecule has 0 saturated carbocycles. The average Bonchev–Trinajstić information content (AvgIpc) is 2.63. The summed E-state index contributed by atoms with van der Waals surface area (Å²) in [6.45, 7) is 6.04. The molecule has 0 amide bonds. The number of halogens is 1. The lowest BCUT2D eigenvalue weighted by Gasteiger charge is -2.25. The molecule has 0 aliphatic heterocycles. The number of methoxy groups -OCH3 is 1. The van der Waals surface area contributed by atoms with E-state index in [4.69, 9.17) is 28.6 Å². The van der Waals surface area contributed by atoms with Crippen molar-refractivity contribution in [3.8, 4) is 0 Å². The summed E-state index contributed by atoms with van der Waals surface area (Å²) in [5, 5.41) is 0.727. The molecule has 1 heterocycles. The number of aromatic amines is 1. The number of nitrogens with zero attached hydrogens (tertiary/aromatic N) is 1. The highest BCUT2D eigenvalue weighted by atomic mass is 35.5. The molecule has 3 nitrogen and oxygen atoms in total. The van der Waals surface area contributed by atoms with Crippen LogP contribution >= 0.6 is 23.8 Å². The molecule has 1 aromatic heterocycles. The third-order valence-electron chi connectivity index (χ3n) is 3.31. The fraction of sp³-hybridized carbons (Fsp3) is 0.500. The van der Waals surface area contributed by atoms with E-state index in [-0.39, 0.29) is 5.41 Å². The lowest BCUT2D eigenvalue weighted by Crippen LogP contribution is -2.21. The summed E-state index contributed by atoms with van der Waals surface area (Å²) in [7, 11) is 1.73. The second kappa shape index (κ2) is 5.65. The molecule has 0 aliphatic carbocycles. The first-order valence-electron chi connectivity index (χ1n) is 6.30. The molecule has 0 bridgehead atoms. The van der Waals surface area contributed by atoms with Gasteiger partial charge < -0.3 is 14.3 Å². The fourth-order valence-corrected chi connectivity index (χ4v) is 2.61. The summed E-state index contributed by atoms with van der Waals surface area (Å²) in [4.78, 5) is 3.22. The van der Waals surface area contributed by atoms with Crippen LogP contribution in [0.15, 0.2) is 18.2 Å². The normalized spacial score (nSPS) is 12.2. The molecule has 2 aromatic rings. The second-order valence-electron chi connectivity index (χ2n) is 5.58. The Morgan fingerprint density at radius 3 is 2.84 bits per heavy atom. The van der Waals surface area contributed by atoms with Crippen molar-refractivity contribution in [1.82, 2.24) is 9.55 Å². The molecule has 5 heteroatoms. The van der Waals surface area contributed by atoms with E-state index < -0.39 is 0 Å². The second-order valence-corrected chi connectivity index (χ2v) is 6.41. The Kier molecular flexibility index (Phi) is 4.33. The molecular formula is C14H19ClN2OS. The summed E-state index contributed by atoms with van der Waals surface area (Å²) >= 11 is 11.5. The van der Waals surface area contributed by atoms with Crippen molar-refractivity contribution in [1.29, 1.82) is 0 Å². The molecule has 0 atom stereocenters. The Bertz CT molecular complexity index is 630. The van der Waals surface area contributed by atoms with Crippen molar-refractivity contribution in [2.75, 3.05) is 13.7 Å². The predicted molar refractivity (Wildman–Crippen MR) is 82.4 cm³/mol. The third-order valence-corrected chi connectivity index (χ3v) is 3.86. The zero-order valence-corrected chi connectivity index (χ0v) is 13.1. The molecule has 0 saturated heterocycles. The van der Waals surface area contributed by atoms with Crippen LogP contribution in [-0.2, 0) is 11.3 Å². The molecule has 0 aliphatic rings. The van der Waals surface area contributed by atoms with Crippen LogP contribution in [0.4, 0.5) is 0 Å². The van der Waals surface area contributed by atoms with E-state index in [1.54, 1.807) is 7.11 Å². The summed E-state index contributed by atoms with van der Waals surface area (Å²) in [6, 6.07) is 5.79. The maximum Gasteiger partial charge on any atom is 0.178 e. The van der Waals surface area contributed by atoms with Crippen molar-refractivity contribution in [2.24, 2.45) is 5.41 Å². The Morgan fingerprint density at radius 1 is 1.42 bits per heavy atom. The standard InChI is InChI=1S/C14H19ClN2OS/c1-14(2,6-7-18-3)9-17-12-8-10(15)4-5-11(12)16-13(17)19/h4-5,8H,6-7,9H2,1-3H3,(H,16,19). The minimum absolute atomic E-state index is 0.117. The molecule has 0 radical (unpaired) electrons. The Morgan fingerprint density at radius 2 is 2.16 bits per heavy atom. The van der Waals surface area contributed by atoms with Gasteiger partial charge in [-0.2, -0.15) is 0 Å². The van der Waals surface area contributed by atoms with Crippen LogP contribution in [0.3, 0.4) is 0 Å². The summed E-state index contributed by atoms with van der Waals surface area (Å²) in [5.74, 6) is 0. The summed E-state index contributed by atoms with van der Waals surface area (Å²) < 4.78 is 8.03. The molecule has 1 aromatic carbocycles. The van der Waals surface area contributed by atoms with Gasteiger partial charge in [-0.1, -0.05) is 25.4 Å². The molecule has 2 rings (SSSR count). The van der Waals surface area contributed by atoms with E-state index >= 15 is 0 Å². The van der Waals surface area contributed by atoms with E-state index in [2.05, 4.69) is 23.4 Å². The van der Waals surface area contributed by atoms with Gasteiger partial charge in [0, 0.05) is 25.3 Å². The molecular weight excluding hydrogens is 280 g/mol. The quantitative estimate of drug-likeness (QED) is 0.828. The van der Waals surface area contributed by atoms with Crippen LogP contribution in [-0.4, -0.2) is 23.3 Å². The number of nitrogens with one attached hydrogen (secondary N) is 1. The lowest BCUT2D eigenvalue weighted by molar-refractivity contribution is 0.143. The number of ether oxygens (including phenoxy) is 1. The molecule has 1 N–H and O–H groups in total. The van der Waals surface area contributed by atoms with Crippen LogP contribution in [0.5, 0.6) is 0 Å². The first-order chi connectivity index (χ1) is 8.93. The number of aromatic nitrogens is 2. The van der Waals surface area contributed by atoms with Gasteiger partial charge in [0.2, 0.25) is 0 Å². The van der Waals surface area contributed by atoms with Crippen molar-refractivity contribution in [3.63, 3.8) is 0 Å². The van der Waals surface area contributed by atoms with Crippen LogP contribution in [0.2, 0.25) is 5.02 Å². The number of benzene rings is 1. The van der Waals surface area contributed by atoms with Crippen molar-refractivity contribution in [3.05, 3.63) is 28.0 Å². The maximum absolute atomic E-state index is 6.07. The van der Waals surface area contributed by atoms with Gasteiger partial charge in [0.1, 0.15) is 0 Å². The van der Waals surface area contributed by atoms with Gasteiger partial charge in [-0.05, 0) is 42.3 Å². The highest BCUT2D eigenvalue weighted by molar-refractivity contribution is 7.71. The van der Waals surface area contributed by atoms with Gasteiger partial charge in [0.25, 0.3) is 0 Å². The van der Waals surface area contributed by atoms with Crippen molar-refractivity contribution in [2.45, 2.75) is 26.8 Å². The van der Waals surface area contributed by atoms with Crippen LogP contribution in [0, 0.1) is 10.2 Å². The van der Waals surface area contributed by atoms with Gasteiger partial charge in [-0.25, -0.2) is 0 Å². The number of hydrogen-bond acceptors (Lipinski definition) is 2. The van der Waals surface area contributed by atoms with Crippen LogP contribution in [0.1, 0.15) is 20.3 Å². The molecule has 0 unspecified atom stereocenters. The van der Waals surface area contributed by atoms with Gasteiger partial charge >= 0.3 is 0 Å². The Hall–Kier alpha value is -0.840. The van der Waals surface area contributed by atoms with E-state index in [9.17, 15) is 0 Å². The van der Waals surface area contributed by atoms with Gasteiger partial charge in [0.05, 0.1) is 11.0 Å². The first kappa shape index (κ1) is 14.6. The number of imidazole rings is 1. The summed E-state index contributed by atoms with van der Waals surface area (Å²) in [6.07, 6.45) is 0.985. The molecule has 0 fully saturated rings. The highest BCUT2D eigenvalue weighted by Crippen LogP contribution is 2.27. The van der Waals surface area contributed by atoms with E-state index in [0.717, 1.165) is 40.4 Å². The van der Waals surface area contributed by atoms with E-state index in [1.165, 1.54) is 0 Å². The number of rotatable bonds is 5. The Labute approximate surface area is 123 Å². The smallest absolute Gasteiger partial charge is 0.178 e. The SMILES string of the molecule is COCCC(C)(C)Cn1c(=S)[nH]c2ccc(Cl)cc21. The minimum atomic E-state index is 0.117. The first-order valence-corrected chi connectivity index (χ1v) is 7.08. The van der Waals surface area contributed by atoms with Crippen LogP contribution in [0.25, 0.3) is 11.0 Å². The maximum atomic E-state index is 6.07. The van der Waals surface area contributed by atoms with Gasteiger partial charge in [-0.15, -0.1) is 0 Å². The average molecular weight is 299 g/mol. The fourth-order valence-electron chi connectivity index (χ4n) is 2.17. The van der Waals surface area contributed by atoms with Gasteiger partial charge in [0.15, 0.2) is 4.77 Å². The minimum Gasteiger partial charge on any atom is -0.385 e. The number of hydrogen-bond donors (Lipinski definition) is 1. The largest absolute Gasteiger partial charge is 0.385 e. The zero-order chi connectivity index (χ0) is 14.0. The zero-order valence-electron chi connectivity index (χ0n) is 11.5. The monoisotopic (exact) mass is 298 g/mol. The van der Waals surface area contributed by atoms with Crippen molar-refractivity contribution >= 4 is 34.9 Å². The Balaban J connectivity index is 2.37. The van der Waals surface area contributed by atoms with E-state index in [0.29, 0.717) is 0 Å². The van der Waals surface area contributed by atoms with Crippen LogP contribution < -0.4 is 0 Å².